The van der Waals surface area contributed by atoms with E-state index in [2.05, 4.69) is 12.2 Å². The van der Waals surface area contributed by atoms with Gasteiger partial charge in [-0.3, -0.25) is 4.79 Å². The van der Waals surface area contributed by atoms with Crippen LogP contribution < -0.4 is 10.1 Å². The predicted molar refractivity (Wildman–Crippen MR) is 74.6 cm³/mol. The van der Waals surface area contributed by atoms with E-state index in [1.165, 1.54) is 19.2 Å². The minimum Gasteiger partial charge on any atom is -0.507 e. The molecular weight excluding hydrogens is 250 g/mol. The summed E-state index contributed by atoms with van der Waals surface area (Å²) < 4.78 is 5.03. The summed E-state index contributed by atoms with van der Waals surface area (Å²) >= 11 is 1.76. The van der Waals surface area contributed by atoms with Crippen LogP contribution in [0.1, 0.15) is 23.7 Å². The van der Waals surface area contributed by atoms with E-state index in [4.69, 9.17) is 4.74 Å². The second-order valence-corrected chi connectivity index (χ2v) is 5.25. The van der Waals surface area contributed by atoms with Gasteiger partial charge in [-0.25, -0.2) is 0 Å². The van der Waals surface area contributed by atoms with E-state index in [9.17, 15) is 9.90 Å². The molecule has 0 saturated heterocycles. The molecule has 1 aromatic carbocycles. The molecule has 0 aliphatic carbocycles. The molecule has 4 nitrogen and oxygen atoms in total. The number of hydrogen-bond donors (Lipinski definition) is 2. The minimum absolute atomic E-state index is 0.0359. The number of phenols is 1. The lowest BCUT2D eigenvalue weighted by Gasteiger charge is -2.10. The molecule has 1 amide bonds. The summed E-state index contributed by atoms with van der Waals surface area (Å²) in [6, 6.07) is 4.60. The van der Waals surface area contributed by atoms with Crippen LogP contribution in [0.15, 0.2) is 18.2 Å². The highest BCUT2D eigenvalue weighted by Gasteiger charge is 2.12. The van der Waals surface area contributed by atoms with Gasteiger partial charge in [0.05, 0.1) is 12.7 Å². The fraction of sp³-hybridized carbons (Fsp3) is 0.462. The van der Waals surface area contributed by atoms with Gasteiger partial charge in [0.2, 0.25) is 0 Å². The van der Waals surface area contributed by atoms with Crippen molar-refractivity contribution in [3.05, 3.63) is 23.8 Å². The van der Waals surface area contributed by atoms with Crippen molar-refractivity contribution in [1.82, 2.24) is 5.32 Å². The fourth-order valence-corrected chi connectivity index (χ4v) is 1.78. The van der Waals surface area contributed by atoms with Crippen LogP contribution in [0, 0.1) is 0 Å². The third-order valence-electron chi connectivity index (χ3n) is 2.69. The van der Waals surface area contributed by atoms with E-state index in [0.29, 0.717) is 17.5 Å². The van der Waals surface area contributed by atoms with Crippen LogP contribution >= 0.6 is 11.8 Å². The largest absolute Gasteiger partial charge is 0.507 e. The monoisotopic (exact) mass is 269 g/mol. The number of carbonyl (C=O) groups is 1. The second kappa shape index (κ2) is 7.16. The van der Waals surface area contributed by atoms with Gasteiger partial charge in [0.15, 0.2) is 0 Å². The Morgan fingerprint density at radius 1 is 1.56 bits per heavy atom. The zero-order chi connectivity index (χ0) is 13.5. The third-order valence-corrected chi connectivity index (χ3v) is 3.73. The molecule has 0 radical (unpaired) electrons. The normalized spacial score (nSPS) is 11.9. The van der Waals surface area contributed by atoms with Crippen LogP contribution in [0.5, 0.6) is 11.5 Å². The van der Waals surface area contributed by atoms with Crippen molar-refractivity contribution in [2.45, 2.75) is 18.6 Å². The molecule has 0 spiro atoms. The first kappa shape index (κ1) is 14.7. The number of amides is 1. The lowest BCUT2D eigenvalue weighted by atomic mass is 10.1. The predicted octanol–water partition coefficient (Wildman–Crippen LogP) is 2.27. The van der Waals surface area contributed by atoms with E-state index in [-0.39, 0.29) is 17.2 Å². The highest BCUT2D eigenvalue weighted by atomic mass is 32.2. The summed E-state index contributed by atoms with van der Waals surface area (Å²) in [5, 5.41) is 12.9. The van der Waals surface area contributed by atoms with Crippen molar-refractivity contribution in [2.24, 2.45) is 0 Å². The molecular formula is C13H19NO3S. The zero-order valence-corrected chi connectivity index (χ0v) is 11.7. The Kier molecular flexibility index (Phi) is 5.85. The second-order valence-electron chi connectivity index (χ2n) is 3.97. The van der Waals surface area contributed by atoms with E-state index >= 15 is 0 Å². The van der Waals surface area contributed by atoms with E-state index in [0.717, 1.165) is 6.42 Å². The van der Waals surface area contributed by atoms with Gasteiger partial charge in [-0.15, -0.1) is 0 Å². The molecule has 1 atom stereocenters. The molecule has 1 rings (SSSR count). The Labute approximate surface area is 112 Å². The third kappa shape index (κ3) is 4.14. The quantitative estimate of drug-likeness (QED) is 0.832. The van der Waals surface area contributed by atoms with Crippen molar-refractivity contribution in [1.29, 1.82) is 0 Å². The van der Waals surface area contributed by atoms with Crippen LogP contribution in [0.4, 0.5) is 0 Å². The number of nitrogens with one attached hydrogen (secondary N) is 1. The molecule has 0 heterocycles. The van der Waals surface area contributed by atoms with Crippen LogP contribution in [0.3, 0.4) is 0 Å². The van der Waals surface area contributed by atoms with Gasteiger partial charge in [0, 0.05) is 11.8 Å². The summed E-state index contributed by atoms with van der Waals surface area (Å²) in [7, 11) is 1.52. The Bertz CT molecular complexity index is 409. The number of benzene rings is 1. The summed E-state index contributed by atoms with van der Waals surface area (Å²) in [6.45, 7) is 2.71. The number of phenolic OH excluding ortho intramolecular Hbond substituents is 1. The van der Waals surface area contributed by atoms with Gasteiger partial charge >= 0.3 is 0 Å². The van der Waals surface area contributed by atoms with Gasteiger partial charge in [-0.1, -0.05) is 6.92 Å². The average molecular weight is 269 g/mol. The lowest BCUT2D eigenvalue weighted by molar-refractivity contribution is 0.0950. The maximum absolute atomic E-state index is 11.9. The molecule has 0 aliphatic heterocycles. The van der Waals surface area contributed by atoms with E-state index in [1.807, 2.05) is 6.26 Å². The maximum Gasteiger partial charge on any atom is 0.255 e. The Balaban J connectivity index is 2.61. The number of rotatable bonds is 6. The topological polar surface area (TPSA) is 58.6 Å². The molecule has 2 N–H and O–H groups in total. The Hall–Kier alpha value is -1.36. The van der Waals surface area contributed by atoms with Crippen molar-refractivity contribution >= 4 is 17.7 Å². The molecule has 0 aliphatic rings. The molecule has 1 aromatic rings. The molecule has 5 heteroatoms. The summed E-state index contributed by atoms with van der Waals surface area (Å²) in [5.74, 6) is 0.237. The molecule has 100 valence electrons. The molecule has 1 unspecified atom stereocenters. The van der Waals surface area contributed by atoms with Crippen LogP contribution in [-0.2, 0) is 0 Å². The first-order valence-electron chi connectivity index (χ1n) is 5.76. The number of carbonyl (C=O) groups excluding carboxylic acids is 1. The van der Waals surface area contributed by atoms with Crippen molar-refractivity contribution in [3.63, 3.8) is 0 Å². The number of aromatic hydroxyl groups is 1. The first-order chi connectivity index (χ1) is 8.58. The van der Waals surface area contributed by atoms with Gasteiger partial charge < -0.3 is 15.2 Å². The average Bonchev–Trinajstić information content (AvgIpc) is 2.38. The zero-order valence-electron chi connectivity index (χ0n) is 10.9. The van der Waals surface area contributed by atoms with Crippen molar-refractivity contribution in [2.75, 3.05) is 19.9 Å². The summed E-state index contributed by atoms with van der Waals surface area (Å²) in [5.41, 5.74) is 0.242. The van der Waals surface area contributed by atoms with Crippen molar-refractivity contribution < 1.29 is 14.6 Å². The van der Waals surface area contributed by atoms with Gasteiger partial charge in [-0.2, -0.15) is 11.8 Å². The SMILES string of the molecule is COc1ccc(O)c(C(=O)NCCC(C)SC)c1. The summed E-state index contributed by atoms with van der Waals surface area (Å²) in [6.07, 6.45) is 2.94. The van der Waals surface area contributed by atoms with E-state index in [1.54, 1.807) is 17.8 Å². The van der Waals surface area contributed by atoms with Crippen LogP contribution in [0.25, 0.3) is 0 Å². The standard InChI is InChI=1S/C13H19NO3S/c1-9(18-3)6-7-14-13(16)11-8-10(17-2)4-5-12(11)15/h4-5,8-9,15H,6-7H2,1-3H3,(H,14,16). The van der Waals surface area contributed by atoms with E-state index < -0.39 is 0 Å². The van der Waals surface area contributed by atoms with Gasteiger partial charge in [0.25, 0.3) is 5.91 Å². The lowest BCUT2D eigenvalue weighted by Crippen LogP contribution is -2.26. The molecule has 0 aromatic heterocycles. The van der Waals surface area contributed by atoms with Gasteiger partial charge in [-0.05, 0) is 30.9 Å². The molecule has 0 fully saturated rings. The Morgan fingerprint density at radius 3 is 2.89 bits per heavy atom. The summed E-state index contributed by atoms with van der Waals surface area (Å²) in [4.78, 5) is 11.9. The molecule has 0 bridgehead atoms. The number of hydrogen-bond acceptors (Lipinski definition) is 4. The van der Waals surface area contributed by atoms with Gasteiger partial charge in [0.1, 0.15) is 11.5 Å². The highest BCUT2D eigenvalue weighted by molar-refractivity contribution is 7.99. The molecule has 18 heavy (non-hydrogen) atoms. The number of thioether (sulfide) groups is 1. The molecule has 0 saturated carbocycles. The maximum atomic E-state index is 11.9. The number of ether oxygens (including phenoxy) is 1. The fourth-order valence-electron chi connectivity index (χ4n) is 1.43. The smallest absolute Gasteiger partial charge is 0.255 e. The van der Waals surface area contributed by atoms with Crippen molar-refractivity contribution in [3.8, 4) is 11.5 Å². The van der Waals surface area contributed by atoms with Crippen LogP contribution in [0.2, 0.25) is 0 Å². The Morgan fingerprint density at radius 2 is 2.28 bits per heavy atom. The minimum atomic E-state index is -0.278. The highest BCUT2D eigenvalue weighted by Crippen LogP contribution is 2.22. The number of methoxy groups -OCH3 is 1. The first-order valence-corrected chi connectivity index (χ1v) is 7.05. The van der Waals surface area contributed by atoms with Crippen LogP contribution in [-0.4, -0.2) is 36.2 Å².